The topological polar surface area (TPSA) is 57.7 Å². The molecule has 3 amide bonds. The molecule has 0 aromatic heterocycles. The molecule has 0 radical (unpaired) electrons. The molecular weight excluding hydrogens is 328 g/mol. The summed E-state index contributed by atoms with van der Waals surface area (Å²) in [5.74, 6) is -1.21. The molecule has 4 atom stereocenters. The highest BCUT2D eigenvalue weighted by atomic mass is 16.2. The summed E-state index contributed by atoms with van der Waals surface area (Å²) < 4.78 is 0. The summed E-state index contributed by atoms with van der Waals surface area (Å²) >= 11 is 0. The summed E-state index contributed by atoms with van der Waals surface area (Å²) in [6, 6.07) is 17.8. The van der Waals surface area contributed by atoms with Crippen LogP contribution in [0.4, 0.5) is 5.69 Å². The molecule has 3 heterocycles. The van der Waals surface area contributed by atoms with Crippen molar-refractivity contribution < 1.29 is 14.4 Å². The second kappa shape index (κ2) is 5.53. The Kier molecular flexibility index (Phi) is 3.26. The molecule has 2 bridgehead atoms. The summed E-state index contributed by atoms with van der Waals surface area (Å²) in [7, 11) is 0. The van der Waals surface area contributed by atoms with Gasteiger partial charge in [-0.2, -0.15) is 0 Å². The molecule has 3 saturated heterocycles. The van der Waals surface area contributed by atoms with E-state index in [2.05, 4.69) is 0 Å². The normalized spacial score (nSPS) is 29.4. The first kappa shape index (κ1) is 15.3. The van der Waals surface area contributed by atoms with Crippen LogP contribution < -0.4 is 4.90 Å². The molecule has 0 saturated carbocycles. The van der Waals surface area contributed by atoms with Crippen molar-refractivity contribution in [2.24, 2.45) is 11.8 Å². The van der Waals surface area contributed by atoms with Crippen molar-refractivity contribution in [1.82, 2.24) is 4.90 Å². The maximum Gasteiger partial charge on any atom is 0.254 e. The molecule has 3 aliphatic rings. The second-order valence-electron chi connectivity index (χ2n) is 7.19. The quantitative estimate of drug-likeness (QED) is 0.785. The van der Waals surface area contributed by atoms with E-state index in [0.717, 1.165) is 12.8 Å². The summed E-state index contributed by atoms with van der Waals surface area (Å²) in [4.78, 5) is 42.2. The second-order valence-corrected chi connectivity index (χ2v) is 7.19. The first-order valence-electron chi connectivity index (χ1n) is 8.99. The zero-order chi connectivity index (χ0) is 17.8. The van der Waals surface area contributed by atoms with Crippen molar-refractivity contribution in [3.63, 3.8) is 0 Å². The van der Waals surface area contributed by atoms with Crippen molar-refractivity contribution >= 4 is 23.4 Å². The average molecular weight is 346 g/mol. The van der Waals surface area contributed by atoms with E-state index in [9.17, 15) is 14.4 Å². The molecule has 2 aromatic rings. The SMILES string of the molecule is O=C1C2C(C(=O)N1c1ccccc1)C1CCC2N1C(=O)c1ccccc1. The van der Waals surface area contributed by atoms with Crippen LogP contribution in [0.3, 0.4) is 0 Å². The number of fused-ring (bicyclic) bond motifs is 5. The smallest absolute Gasteiger partial charge is 0.254 e. The van der Waals surface area contributed by atoms with E-state index in [1.807, 2.05) is 41.3 Å². The minimum absolute atomic E-state index is 0.0700. The Morgan fingerprint density at radius 2 is 1.27 bits per heavy atom. The molecule has 130 valence electrons. The van der Waals surface area contributed by atoms with Gasteiger partial charge < -0.3 is 4.90 Å². The number of anilines is 1. The summed E-state index contributed by atoms with van der Waals surface area (Å²) in [5, 5.41) is 0. The van der Waals surface area contributed by atoms with Gasteiger partial charge in [-0.15, -0.1) is 0 Å². The van der Waals surface area contributed by atoms with Gasteiger partial charge in [0.05, 0.1) is 17.5 Å². The maximum atomic E-state index is 13.1. The fraction of sp³-hybridized carbons (Fsp3) is 0.286. The third-order valence-electron chi connectivity index (χ3n) is 5.97. The van der Waals surface area contributed by atoms with E-state index in [-0.39, 0.29) is 29.8 Å². The first-order chi connectivity index (χ1) is 12.7. The fourth-order valence-corrected chi connectivity index (χ4v) is 4.96. The van der Waals surface area contributed by atoms with Crippen molar-refractivity contribution in [2.45, 2.75) is 24.9 Å². The summed E-state index contributed by atoms with van der Waals surface area (Å²) in [5.41, 5.74) is 1.24. The predicted molar refractivity (Wildman–Crippen MR) is 95.3 cm³/mol. The van der Waals surface area contributed by atoms with Crippen LogP contribution in [0.15, 0.2) is 60.7 Å². The number of carbonyl (C=O) groups is 3. The van der Waals surface area contributed by atoms with Crippen LogP contribution in [-0.4, -0.2) is 34.7 Å². The van der Waals surface area contributed by atoms with Gasteiger partial charge in [-0.05, 0) is 37.1 Å². The van der Waals surface area contributed by atoms with Crippen LogP contribution in [0.5, 0.6) is 0 Å². The molecule has 5 heteroatoms. The van der Waals surface area contributed by atoms with E-state index in [0.29, 0.717) is 11.3 Å². The Morgan fingerprint density at radius 3 is 1.81 bits per heavy atom. The number of amides is 3. The lowest BCUT2D eigenvalue weighted by Crippen LogP contribution is -2.43. The van der Waals surface area contributed by atoms with Gasteiger partial charge in [0.15, 0.2) is 0 Å². The van der Waals surface area contributed by atoms with Gasteiger partial charge in [-0.3, -0.25) is 14.4 Å². The lowest BCUT2D eigenvalue weighted by atomic mass is 9.81. The number of hydrogen-bond acceptors (Lipinski definition) is 3. The van der Waals surface area contributed by atoms with Crippen molar-refractivity contribution in [1.29, 1.82) is 0 Å². The number of nitrogens with zero attached hydrogens (tertiary/aromatic N) is 2. The van der Waals surface area contributed by atoms with E-state index in [1.165, 1.54) is 4.90 Å². The highest BCUT2D eigenvalue weighted by Gasteiger charge is 2.65. The van der Waals surface area contributed by atoms with Gasteiger partial charge >= 0.3 is 0 Å². The zero-order valence-electron chi connectivity index (χ0n) is 14.1. The van der Waals surface area contributed by atoms with Crippen LogP contribution in [0.25, 0.3) is 0 Å². The Bertz CT molecular complexity index is 866. The van der Waals surface area contributed by atoms with Gasteiger partial charge in [0, 0.05) is 17.6 Å². The first-order valence-corrected chi connectivity index (χ1v) is 8.99. The van der Waals surface area contributed by atoms with Gasteiger partial charge in [-0.1, -0.05) is 36.4 Å². The van der Waals surface area contributed by atoms with Gasteiger partial charge in [-0.25, -0.2) is 4.90 Å². The molecule has 3 aliphatic heterocycles. The highest BCUT2D eigenvalue weighted by molar-refractivity contribution is 6.23. The Balaban J connectivity index is 1.49. The van der Waals surface area contributed by atoms with Crippen molar-refractivity contribution in [2.75, 3.05) is 4.90 Å². The highest BCUT2D eigenvalue weighted by Crippen LogP contribution is 2.51. The third kappa shape index (κ3) is 1.94. The van der Waals surface area contributed by atoms with E-state index in [1.54, 1.807) is 24.3 Å². The minimum atomic E-state index is -0.408. The lowest BCUT2D eigenvalue weighted by molar-refractivity contribution is -0.123. The molecule has 4 unspecified atom stereocenters. The summed E-state index contributed by atoms with van der Waals surface area (Å²) in [6.07, 6.45) is 1.57. The number of imide groups is 1. The monoisotopic (exact) mass is 346 g/mol. The molecular formula is C21H18N2O3. The van der Waals surface area contributed by atoms with Crippen molar-refractivity contribution in [3.8, 4) is 0 Å². The third-order valence-corrected chi connectivity index (χ3v) is 5.97. The number of para-hydroxylation sites is 1. The number of benzene rings is 2. The van der Waals surface area contributed by atoms with Crippen LogP contribution in [0.1, 0.15) is 23.2 Å². The minimum Gasteiger partial charge on any atom is -0.331 e. The van der Waals surface area contributed by atoms with Gasteiger partial charge in [0.2, 0.25) is 11.8 Å². The fourth-order valence-electron chi connectivity index (χ4n) is 4.96. The van der Waals surface area contributed by atoms with E-state index in [4.69, 9.17) is 0 Å². The molecule has 0 spiro atoms. The maximum absolute atomic E-state index is 13.1. The number of carbonyl (C=O) groups excluding carboxylic acids is 3. The Morgan fingerprint density at radius 1 is 0.769 bits per heavy atom. The van der Waals surface area contributed by atoms with Gasteiger partial charge in [0.25, 0.3) is 5.91 Å². The molecule has 0 N–H and O–H groups in total. The number of hydrogen-bond donors (Lipinski definition) is 0. The average Bonchev–Trinajstić information content (AvgIpc) is 3.32. The van der Waals surface area contributed by atoms with Crippen molar-refractivity contribution in [3.05, 3.63) is 66.2 Å². The van der Waals surface area contributed by atoms with E-state index < -0.39 is 11.8 Å². The predicted octanol–water partition coefficient (Wildman–Crippen LogP) is 2.48. The largest absolute Gasteiger partial charge is 0.331 e. The van der Waals surface area contributed by atoms with Crippen LogP contribution >= 0.6 is 0 Å². The van der Waals surface area contributed by atoms with E-state index >= 15 is 0 Å². The molecule has 2 aromatic carbocycles. The zero-order valence-corrected chi connectivity index (χ0v) is 14.1. The molecule has 5 rings (SSSR count). The van der Waals surface area contributed by atoms with Crippen LogP contribution in [-0.2, 0) is 9.59 Å². The Hall–Kier alpha value is -2.95. The standard InChI is InChI=1S/C21H18N2O3/c24-19(13-7-3-1-4-8-13)23-15-11-12-16(23)18-17(15)20(25)22(21(18)26)14-9-5-2-6-10-14/h1-10,15-18H,11-12H2. The Labute approximate surface area is 151 Å². The number of rotatable bonds is 2. The molecule has 26 heavy (non-hydrogen) atoms. The molecule has 0 aliphatic carbocycles. The lowest BCUT2D eigenvalue weighted by Gasteiger charge is -2.26. The summed E-state index contributed by atoms with van der Waals surface area (Å²) in [6.45, 7) is 0. The molecule has 3 fully saturated rings. The van der Waals surface area contributed by atoms with Crippen LogP contribution in [0, 0.1) is 11.8 Å². The molecule has 5 nitrogen and oxygen atoms in total. The van der Waals surface area contributed by atoms with Crippen LogP contribution in [0.2, 0.25) is 0 Å². The van der Waals surface area contributed by atoms with Gasteiger partial charge in [0.1, 0.15) is 0 Å².